The Morgan fingerprint density at radius 3 is 1.79 bits per heavy atom. The smallest absolute Gasteiger partial charge is 0.416 e. The van der Waals surface area contributed by atoms with Gasteiger partial charge in [-0.05, 0) is 35.4 Å². The summed E-state index contributed by atoms with van der Waals surface area (Å²) in [7, 11) is 3.09. The average molecular weight is 334 g/mol. The van der Waals surface area contributed by atoms with E-state index >= 15 is 0 Å². The van der Waals surface area contributed by atoms with Crippen molar-refractivity contribution in [3.63, 3.8) is 0 Å². The van der Waals surface area contributed by atoms with Gasteiger partial charge in [-0.25, -0.2) is 0 Å². The van der Waals surface area contributed by atoms with E-state index in [-0.39, 0.29) is 0 Å². The summed E-state index contributed by atoms with van der Waals surface area (Å²) in [6, 6.07) is 8.57. The maximum Gasteiger partial charge on any atom is 0.416 e. The molecule has 2 rings (SSSR count). The van der Waals surface area contributed by atoms with Gasteiger partial charge < -0.3 is 9.47 Å². The maximum absolute atomic E-state index is 12.6. The fraction of sp³-hybridized carbons (Fsp3) is 0.158. The molecule has 0 unspecified atom stereocenters. The van der Waals surface area contributed by atoms with E-state index in [4.69, 9.17) is 9.47 Å². The number of methoxy groups -OCH3 is 2. The molecule has 2 nitrogen and oxygen atoms in total. The molecule has 0 spiro atoms. The topological polar surface area (TPSA) is 18.5 Å². The van der Waals surface area contributed by atoms with E-state index < -0.39 is 11.7 Å². The Labute approximate surface area is 138 Å². The molecule has 0 radical (unpaired) electrons. The van der Waals surface area contributed by atoms with Crippen molar-refractivity contribution in [2.75, 3.05) is 14.2 Å². The van der Waals surface area contributed by atoms with Crippen LogP contribution in [0.25, 0.3) is 18.2 Å². The van der Waals surface area contributed by atoms with Crippen LogP contribution in [0, 0.1) is 0 Å². The Bertz CT molecular complexity index is 719. The van der Waals surface area contributed by atoms with Gasteiger partial charge in [0.05, 0.1) is 25.3 Å². The van der Waals surface area contributed by atoms with Gasteiger partial charge in [0, 0.05) is 0 Å². The van der Waals surface area contributed by atoms with E-state index in [2.05, 4.69) is 6.58 Å². The van der Waals surface area contributed by atoms with Gasteiger partial charge in [-0.3, -0.25) is 0 Å². The molecule has 0 N–H and O–H groups in total. The van der Waals surface area contributed by atoms with Crippen LogP contribution in [0.2, 0.25) is 0 Å². The lowest BCUT2D eigenvalue weighted by Crippen LogP contribution is -2.03. The van der Waals surface area contributed by atoms with E-state index in [1.165, 1.54) is 12.1 Å². The monoisotopic (exact) mass is 334 g/mol. The molecule has 0 heterocycles. The highest BCUT2D eigenvalue weighted by atomic mass is 19.4. The van der Waals surface area contributed by atoms with Crippen LogP contribution in [0.5, 0.6) is 11.5 Å². The summed E-state index contributed by atoms with van der Waals surface area (Å²) in [6.07, 6.45) is 0.812. The predicted molar refractivity (Wildman–Crippen MR) is 90.0 cm³/mol. The summed E-state index contributed by atoms with van der Waals surface area (Å²) in [5, 5.41) is 0. The highest BCUT2D eigenvalue weighted by Crippen LogP contribution is 2.32. The third-order valence-corrected chi connectivity index (χ3v) is 3.48. The molecule has 0 aliphatic heterocycles. The molecule has 0 aliphatic carbocycles. The van der Waals surface area contributed by atoms with Gasteiger partial charge in [0.1, 0.15) is 11.5 Å². The zero-order valence-corrected chi connectivity index (χ0v) is 13.4. The molecule has 0 fully saturated rings. The molecule has 0 aliphatic rings. The van der Waals surface area contributed by atoms with Crippen LogP contribution in [-0.2, 0) is 6.18 Å². The lowest BCUT2D eigenvalue weighted by molar-refractivity contribution is -0.137. The van der Waals surface area contributed by atoms with Crippen LogP contribution < -0.4 is 9.47 Å². The summed E-state index contributed by atoms with van der Waals surface area (Å²) in [5.41, 5.74) is 1.54. The van der Waals surface area contributed by atoms with Crippen molar-refractivity contribution in [1.82, 2.24) is 0 Å². The molecule has 0 saturated heterocycles. The van der Waals surface area contributed by atoms with E-state index in [1.807, 2.05) is 0 Å². The Kier molecular flexibility index (Phi) is 5.34. The largest absolute Gasteiger partial charge is 0.496 e. The quantitative estimate of drug-likeness (QED) is 0.669. The summed E-state index contributed by atoms with van der Waals surface area (Å²) in [6.45, 7) is 3.73. The molecule has 24 heavy (non-hydrogen) atoms. The average Bonchev–Trinajstić information content (AvgIpc) is 2.58. The van der Waals surface area contributed by atoms with Crippen LogP contribution in [0.4, 0.5) is 13.2 Å². The van der Waals surface area contributed by atoms with Crippen LogP contribution in [0.15, 0.2) is 43.0 Å². The molecular formula is C19H17F3O2. The molecule has 2 aromatic rings. The Balaban J connectivity index is 2.30. The van der Waals surface area contributed by atoms with Crippen LogP contribution in [0.1, 0.15) is 22.3 Å². The number of alkyl halides is 3. The van der Waals surface area contributed by atoms with Gasteiger partial charge in [-0.2, -0.15) is 13.2 Å². The number of rotatable bonds is 5. The number of hydrogen-bond donors (Lipinski definition) is 0. The predicted octanol–water partition coefficient (Wildman–Crippen LogP) is 5.54. The van der Waals surface area contributed by atoms with E-state index in [9.17, 15) is 13.2 Å². The summed E-state index contributed by atoms with van der Waals surface area (Å²) in [4.78, 5) is 0. The zero-order valence-electron chi connectivity index (χ0n) is 13.4. The molecule has 0 aromatic heterocycles. The van der Waals surface area contributed by atoms with Gasteiger partial charge in [0.25, 0.3) is 0 Å². The second kappa shape index (κ2) is 7.25. The highest BCUT2D eigenvalue weighted by Gasteiger charge is 2.29. The number of halogens is 3. The van der Waals surface area contributed by atoms with Crippen molar-refractivity contribution in [3.05, 3.63) is 65.2 Å². The Morgan fingerprint density at radius 1 is 0.875 bits per heavy atom. The van der Waals surface area contributed by atoms with Crippen molar-refractivity contribution >= 4 is 18.2 Å². The van der Waals surface area contributed by atoms with Crippen LogP contribution in [-0.4, -0.2) is 14.2 Å². The second-order valence-electron chi connectivity index (χ2n) is 5.00. The van der Waals surface area contributed by atoms with Crippen molar-refractivity contribution in [2.24, 2.45) is 0 Å². The Hall–Kier alpha value is -2.69. The summed E-state index contributed by atoms with van der Waals surface area (Å²) < 4.78 is 48.3. The first-order valence-electron chi connectivity index (χ1n) is 7.13. The SMILES string of the molecule is C=Cc1c(OC)cc(/C=C/c2ccc(C(F)(F)F)cc2)cc1OC. The van der Waals surface area contributed by atoms with Gasteiger partial charge in [-0.1, -0.05) is 36.9 Å². The second-order valence-corrected chi connectivity index (χ2v) is 5.00. The van der Waals surface area contributed by atoms with Crippen molar-refractivity contribution in [3.8, 4) is 11.5 Å². The minimum absolute atomic E-state index is 0.608. The Morgan fingerprint density at radius 2 is 1.38 bits per heavy atom. The third-order valence-electron chi connectivity index (χ3n) is 3.48. The van der Waals surface area contributed by atoms with Gasteiger partial charge in [0.2, 0.25) is 0 Å². The highest BCUT2D eigenvalue weighted by molar-refractivity contribution is 5.74. The van der Waals surface area contributed by atoms with Gasteiger partial charge in [0.15, 0.2) is 0 Å². The van der Waals surface area contributed by atoms with Gasteiger partial charge >= 0.3 is 6.18 Å². The minimum atomic E-state index is -4.33. The van der Waals surface area contributed by atoms with Crippen LogP contribution >= 0.6 is 0 Å². The lowest BCUT2D eigenvalue weighted by Gasteiger charge is -2.11. The molecule has 0 atom stereocenters. The number of hydrogen-bond acceptors (Lipinski definition) is 2. The first-order valence-corrected chi connectivity index (χ1v) is 7.13. The zero-order chi connectivity index (χ0) is 17.7. The third kappa shape index (κ3) is 3.98. The van der Waals surface area contributed by atoms with Crippen molar-refractivity contribution < 1.29 is 22.6 Å². The first kappa shape index (κ1) is 17.7. The normalized spacial score (nSPS) is 11.5. The molecule has 2 aromatic carbocycles. The lowest BCUT2D eigenvalue weighted by atomic mass is 10.1. The van der Waals surface area contributed by atoms with E-state index in [0.29, 0.717) is 17.1 Å². The molecule has 5 heteroatoms. The fourth-order valence-corrected chi connectivity index (χ4v) is 2.23. The van der Waals surface area contributed by atoms with Gasteiger partial charge in [-0.15, -0.1) is 0 Å². The fourth-order valence-electron chi connectivity index (χ4n) is 2.23. The summed E-state index contributed by atoms with van der Waals surface area (Å²) in [5.74, 6) is 1.22. The molecule has 0 saturated carbocycles. The molecular weight excluding hydrogens is 317 g/mol. The summed E-state index contributed by atoms with van der Waals surface area (Å²) >= 11 is 0. The van der Waals surface area contributed by atoms with E-state index in [1.54, 1.807) is 44.6 Å². The molecule has 126 valence electrons. The maximum atomic E-state index is 12.6. The van der Waals surface area contributed by atoms with Crippen LogP contribution in [0.3, 0.4) is 0 Å². The number of benzene rings is 2. The standard InChI is InChI=1S/C19H17F3O2/c1-4-16-17(23-2)11-14(12-18(16)24-3)6-5-13-7-9-15(10-8-13)19(20,21)22/h4-12H,1H2,2-3H3/b6-5+. The van der Waals surface area contributed by atoms with Crippen molar-refractivity contribution in [1.29, 1.82) is 0 Å². The molecule has 0 bridgehead atoms. The first-order chi connectivity index (χ1) is 11.4. The number of ether oxygens (including phenoxy) is 2. The molecule has 0 amide bonds. The van der Waals surface area contributed by atoms with Crippen molar-refractivity contribution in [2.45, 2.75) is 6.18 Å². The minimum Gasteiger partial charge on any atom is -0.496 e. The van der Waals surface area contributed by atoms with E-state index in [0.717, 1.165) is 23.3 Å².